The first-order chi connectivity index (χ1) is 9.19. The Balaban J connectivity index is 1.89. The van der Waals surface area contributed by atoms with Crippen molar-refractivity contribution < 1.29 is 0 Å². The number of fused-ring (bicyclic) bond motifs is 1. The Hall–Kier alpha value is -1.13. The van der Waals surface area contributed by atoms with Crippen molar-refractivity contribution >= 4 is 5.69 Å². The van der Waals surface area contributed by atoms with Crippen molar-refractivity contribution in [1.29, 1.82) is 0 Å². The van der Waals surface area contributed by atoms with Gasteiger partial charge in [-0.3, -0.25) is 9.88 Å². The number of hydrogen-bond donors (Lipinski definition) is 1. The van der Waals surface area contributed by atoms with E-state index in [2.05, 4.69) is 34.7 Å². The summed E-state index contributed by atoms with van der Waals surface area (Å²) < 4.78 is 0. The number of hydrogen-bond acceptors (Lipinski definition) is 4. The summed E-state index contributed by atoms with van der Waals surface area (Å²) in [5.41, 5.74) is 10.7. The number of pyridine rings is 1. The average molecular weight is 260 g/mol. The smallest absolute Gasteiger partial charge is 0.0449 e. The quantitative estimate of drug-likeness (QED) is 0.874. The van der Waals surface area contributed by atoms with E-state index in [1.807, 2.05) is 0 Å². The molecule has 2 aliphatic rings. The van der Waals surface area contributed by atoms with Crippen LogP contribution in [0.4, 0.5) is 5.69 Å². The predicted molar refractivity (Wildman–Crippen MR) is 78.4 cm³/mol. The molecule has 4 heteroatoms. The fourth-order valence-corrected chi connectivity index (χ4v) is 3.58. The van der Waals surface area contributed by atoms with E-state index in [1.165, 1.54) is 37.2 Å². The van der Waals surface area contributed by atoms with Gasteiger partial charge in [0.1, 0.15) is 0 Å². The molecular weight excluding hydrogens is 236 g/mol. The van der Waals surface area contributed by atoms with E-state index < -0.39 is 0 Å². The number of anilines is 1. The van der Waals surface area contributed by atoms with E-state index in [4.69, 9.17) is 5.73 Å². The fourth-order valence-electron chi connectivity index (χ4n) is 3.58. The molecule has 2 aliphatic heterocycles. The van der Waals surface area contributed by atoms with Crippen molar-refractivity contribution in [2.75, 3.05) is 31.1 Å². The third-order valence-electron chi connectivity index (χ3n) is 4.57. The van der Waals surface area contributed by atoms with Crippen molar-refractivity contribution in [3.05, 3.63) is 23.0 Å². The molecule has 19 heavy (non-hydrogen) atoms. The summed E-state index contributed by atoms with van der Waals surface area (Å²) in [4.78, 5) is 9.71. The molecule has 2 saturated heterocycles. The molecule has 0 bridgehead atoms. The second-order valence-electron chi connectivity index (χ2n) is 5.83. The monoisotopic (exact) mass is 260 g/mol. The molecule has 0 spiro atoms. The summed E-state index contributed by atoms with van der Waals surface area (Å²) >= 11 is 0. The minimum absolute atomic E-state index is 0.583. The molecule has 1 atom stereocenters. The Bertz CT molecular complexity index is 471. The molecule has 0 aromatic carbocycles. The molecule has 104 valence electrons. The van der Waals surface area contributed by atoms with Gasteiger partial charge in [0.05, 0.1) is 0 Å². The van der Waals surface area contributed by atoms with Crippen LogP contribution >= 0.6 is 0 Å². The first-order valence-corrected chi connectivity index (χ1v) is 7.35. The first kappa shape index (κ1) is 12.9. The van der Waals surface area contributed by atoms with Gasteiger partial charge < -0.3 is 10.6 Å². The molecule has 2 N–H and O–H groups in total. The van der Waals surface area contributed by atoms with Crippen LogP contribution in [0.3, 0.4) is 0 Å². The van der Waals surface area contributed by atoms with Crippen LogP contribution in [0, 0.1) is 13.8 Å². The van der Waals surface area contributed by atoms with Crippen LogP contribution in [0.2, 0.25) is 0 Å². The molecule has 0 radical (unpaired) electrons. The number of aromatic nitrogens is 1. The lowest BCUT2D eigenvalue weighted by atomic mass is 10.1. The van der Waals surface area contributed by atoms with E-state index in [0.29, 0.717) is 6.54 Å². The molecule has 2 fully saturated rings. The molecule has 1 unspecified atom stereocenters. The zero-order chi connectivity index (χ0) is 13.4. The summed E-state index contributed by atoms with van der Waals surface area (Å²) in [6.45, 7) is 9.47. The van der Waals surface area contributed by atoms with E-state index in [0.717, 1.165) is 30.5 Å². The SMILES string of the molecule is Cc1cc(N2CCN3CCCC3C2)c(CN)c(C)n1. The lowest BCUT2D eigenvalue weighted by Crippen LogP contribution is -2.50. The maximum Gasteiger partial charge on any atom is 0.0449 e. The molecule has 1 aromatic heterocycles. The van der Waals surface area contributed by atoms with E-state index in [9.17, 15) is 0 Å². The van der Waals surface area contributed by atoms with Gasteiger partial charge in [-0.05, 0) is 39.3 Å². The summed E-state index contributed by atoms with van der Waals surface area (Å²) in [6, 6.07) is 2.95. The van der Waals surface area contributed by atoms with Crippen molar-refractivity contribution in [2.45, 2.75) is 39.3 Å². The largest absolute Gasteiger partial charge is 0.368 e. The van der Waals surface area contributed by atoms with Crippen LogP contribution in [0.25, 0.3) is 0 Å². The molecular formula is C15H24N4. The number of nitrogens with two attached hydrogens (primary N) is 1. The van der Waals surface area contributed by atoms with Gasteiger partial charge in [0.15, 0.2) is 0 Å². The molecule has 3 rings (SSSR count). The van der Waals surface area contributed by atoms with E-state index in [1.54, 1.807) is 0 Å². The summed E-state index contributed by atoms with van der Waals surface area (Å²) in [5, 5.41) is 0. The van der Waals surface area contributed by atoms with Gasteiger partial charge >= 0.3 is 0 Å². The molecule has 0 saturated carbocycles. The predicted octanol–water partition coefficient (Wildman–Crippen LogP) is 1.44. The Morgan fingerprint density at radius 1 is 1.32 bits per heavy atom. The van der Waals surface area contributed by atoms with Crippen LogP contribution in [0.1, 0.15) is 29.8 Å². The van der Waals surface area contributed by atoms with Crippen molar-refractivity contribution in [3.8, 4) is 0 Å². The fraction of sp³-hybridized carbons (Fsp3) is 0.667. The van der Waals surface area contributed by atoms with Gasteiger partial charge in [-0.25, -0.2) is 0 Å². The van der Waals surface area contributed by atoms with Gasteiger partial charge in [0.2, 0.25) is 0 Å². The minimum atomic E-state index is 0.583. The zero-order valence-corrected chi connectivity index (χ0v) is 12.0. The molecule has 0 aliphatic carbocycles. The summed E-state index contributed by atoms with van der Waals surface area (Å²) in [6.07, 6.45) is 2.70. The zero-order valence-electron chi connectivity index (χ0n) is 12.0. The van der Waals surface area contributed by atoms with Crippen molar-refractivity contribution in [1.82, 2.24) is 9.88 Å². The van der Waals surface area contributed by atoms with E-state index >= 15 is 0 Å². The highest BCUT2D eigenvalue weighted by atomic mass is 15.3. The number of rotatable bonds is 2. The Kier molecular flexibility index (Phi) is 3.46. The standard InChI is InChI=1S/C15H24N4/c1-11-8-15(14(9-16)12(2)17-11)19-7-6-18-5-3-4-13(18)10-19/h8,13H,3-7,9-10,16H2,1-2H3. The lowest BCUT2D eigenvalue weighted by Gasteiger charge is -2.39. The maximum absolute atomic E-state index is 5.94. The highest BCUT2D eigenvalue weighted by molar-refractivity contribution is 5.56. The molecule has 3 heterocycles. The molecule has 1 aromatic rings. The van der Waals surface area contributed by atoms with Gasteiger partial charge in [-0.1, -0.05) is 0 Å². The van der Waals surface area contributed by atoms with Crippen LogP contribution in [0.5, 0.6) is 0 Å². The summed E-state index contributed by atoms with van der Waals surface area (Å²) in [7, 11) is 0. The first-order valence-electron chi connectivity index (χ1n) is 7.35. The van der Waals surface area contributed by atoms with Gasteiger partial charge in [-0.15, -0.1) is 0 Å². The Labute approximate surface area is 115 Å². The minimum Gasteiger partial charge on any atom is -0.368 e. The third kappa shape index (κ3) is 2.35. The second kappa shape index (κ2) is 5.10. The normalized spacial score (nSPS) is 23.7. The maximum atomic E-state index is 5.94. The van der Waals surface area contributed by atoms with Crippen LogP contribution < -0.4 is 10.6 Å². The van der Waals surface area contributed by atoms with Gasteiger partial charge in [0, 0.05) is 54.9 Å². The number of nitrogens with zero attached hydrogens (tertiary/aromatic N) is 3. The Morgan fingerprint density at radius 2 is 2.16 bits per heavy atom. The van der Waals surface area contributed by atoms with Crippen LogP contribution in [-0.2, 0) is 6.54 Å². The van der Waals surface area contributed by atoms with Gasteiger partial charge in [0.25, 0.3) is 0 Å². The third-order valence-corrected chi connectivity index (χ3v) is 4.57. The molecule has 4 nitrogen and oxygen atoms in total. The van der Waals surface area contributed by atoms with Crippen LogP contribution in [-0.4, -0.2) is 42.1 Å². The highest BCUT2D eigenvalue weighted by Crippen LogP contribution is 2.29. The lowest BCUT2D eigenvalue weighted by molar-refractivity contribution is 0.231. The second-order valence-corrected chi connectivity index (χ2v) is 5.83. The molecule has 0 amide bonds. The van der Waals surface area contributed by atoms with Crippen molar-refractivity contribution in [2.24, 2.45) is 5.73 Å². The number of piperazine rings is 1. The van der Waals surface area contributed by atoms with Gasteiger partial charge in [-0.2, -0.15) is 0 Å². The van der Waals surface area contributed by atoms with Crippen molar-refractivity contribution in [3.63, 3.8) is 0 Å². The van der Waals surface area contributed by atoms with E-state index in [-0.39, 0.29) is 0 Å². The van der Waals surface area contributed by atoms with Crippen LogP contribution in [0.15, 0.2) is 6.07 Å². The topological polar surface area (TPSA) is 45.4 Å². The highest BCUT2D eigenvalue weighted by Gasteiger charge is 2.31. The average Bonchev–Trinajstić information content (AvgIpc) is 2.85. The Morgan fingerprint density at radius 3 is 2.95 bits per heavy atom. The summed E-state index contributed by atoms with van der Waals surface area (Å²) in [5.74, 6) is 0. The number of aryl methyl sites for hydroxylation is 2.